The molecule has 0 aromatic carbocycles. The molecule has 0 saturated heterocycles. The van der Waals surface area contributed by atoms with Crippen LogP contribution >= 0.6 is 15.9 Å². The predicted molar refractivity (Wildman–Crippen MR) is 62.1 cm³/mol. The second-order valence-electron chi connectivity index (χ2n) is 3.42. The normalized spacial score (nSPS) is 15.5. The molecule has 6 heteroatoms. The molecule has 0 bridgehead atoms. The van der Waals surface area contributed by atoms with Crippen molar-refractivity contribution >= 4 is 33.4 Å². The van der Waals surface area contributed by atoms with Crippen LogP contribution in [0.15, 0.2) is 16.7 Å². The number of carbonyl (C=O) groups is 2. The monoisotopic (exact) mass is 283 g/mol. The Hall–Kier alpha value is -1.43. The highest BCUT2D eigenvalue weighted by atomic mass is 79.9. The lowest BCUT2D eigenvalue weighted by molar-refractivity contribution is -0.116. The maximum atomic E-state index is 12.0. The topological polar surface area (TPSA) is 62.3 Å². The molecular weight excluding hydrogens is 274 g/mol. The minimum Gasteiger partial charge on any atom is -0.328 e. The fraction of sp³-hybridized carbons (Fsp3) is 0.300. The first kappa shape index (κ1) is 11.1. The number of nitrogens with zero attached hydrogens (tertiary/aromatic N) is 2. The largest absolute Gasteiger partial charge is 0.328 e. The number of likely N-dealkylation sites (N-methyl/N-ethyl adjacent to an activating group) is 1. The lowest BCUT2D eigenvalue weighted by Crippen LogP contribution is -2.34. The Labute approximate surface area is 101 Å². The fourth-order valence-electron chi connectivity index (χ4n) is 1.55. The van der Waals surface area contributed by atoms with E-state index in [4.69, 9.17) is 0 Å². The molecule has 0 saturated carbocycles. The maximum absolute atomic E-state index is 12.0. The van der Waals surface area contributed by atoms with Crippen molar-refractivity contribution in [3.63, 3.8) is 0 Å². The maximum Gasteiger partial charge on any atom is 0.275 e. The van der Waals surface area contributed by atoms with Gasteiger partial charge < -0.3 is 10.2 Å². The number of pyridine rings is 1. The Bertz CT molecular complexity index is 461. The van der Waals surface area contributed by atoms with Crippen LogP contribution in [0.25, 0.3) is 0 Å². The molecule has 1 aliphatic rings. The van der Waals surface area contributed by atoms with Crippen molar-refractivity contribution in [2.45, 2.75) is 6.92 Å². The SMILES string of the molecule is CCN1CC(=O)Nc2cc(Br)cnc2C1=O. The Morgan fingerprint density at radius 2 is 2.31 bits per heavy atom. The third-order valence-corrected chi connectivity index (χ3v) is 2.77. The molecule has 1 aromatic heterocycles. The molecule has 2 rings (SSSR count). The molecule has 2 heterocycles. The Kier molecular flexibility index (Phi) is 2.91. The minimum atomic E-state index is -0.219. The van der Waals surface area contributed by atoms with Gasteiger partial charge in [-0.3, -0.25) is 9.59 Å². The van der Waals surface area contributed by atoms with E-state index in [-0.39, 0.29) is 24.1 Å². The molecule has 84 valence electrons. The van der Waals surface area contributed by atoms with Crippen LogP contribution in [-0.4, -0.2) is 34.8 Å². The second-order valence-corrected chi connectivity index (χ2v) is 4.33. The van der Waals surface area contributed by atoms with E-state index in [2.05, 4.69) is 26.2 Å². The van der Waals surface area contributed by atoms with Crippen molar-refractivity contribution in [2.24, 2.45) is 0 Å². The van der Waals surface area contributed by atoms with Gasteiger partial charge in [0, 0.05) is 17.2 Å². The van der Waals surface area contributed by atoms with Gasteiger partial charge in [-0.05, 0) is 28.9 Å². The van der Waals surface area contributed by atoms with Crippen LogP contribution in [0.2, 0.25) is 0 Å². The van der Waals surface area contributed by atoms with Crippen molar-refractivity contribution in [2.75, 3.05) is 18.4 Å². The van der Waals surface area contributed by atoms with Gasteiger partial charge in [-0.25, -0.2) is 4.98 Å². The van der Waals surface area contributed by atoms with Gasteiger partial charge in [-0.1, -0.05) is 0 Å². The molecular formula is C10H10BrN3O2. The highest BCUT2D eigenvalue weighted by Gasteiger charge is 2.26. The van der Waals surface area contributed by atoms with Crippen LogP contribution in [0.1, 0.15) is 17.4 Å². The summed E-state index contributed by atoms with van der Waals surface area (Å²) in [5, 5.41) is 2.66. The van der Waals surface area contributed by atoms with Crippen LogP contribution in [-0.2, 0) is 4.79 Å². The summed E-state index contributed by atoms with van der Waals surface area (Å²) in [4.78, 5) is 29.0. The molecule has 0 radical (unpaired) electrons. The van der Waals surface area contributed by atoms with E-state index in [0.29, 0.717) is 12.2 Å². The molecule has 1 aromatic rings. The second kappa shape index (κ2) is 4.21. The number of halogens is 1. The van der Waals surface area contributed by atoms with E-state index in [1.807, 2.05) is 6.92 Å². The average molecular weight is 284 g/mol. The minimum absolute atomic E-state index is 0.0727. The summed E-state index contributed by atoms with van der Waals surface area (Å²) in [5.74, 6) is -0.419. The molecule has 1 N–H and O–H groups in total. The molecule has 0 fully saturated rings. The molecule has 0 unspecified atom stereocenters. The lowest BCUT2D eigenvalue weighted by Gasteiger charge is -2.15. The number of aromatic nitrogens is 1. The summed E-state index contributed by atoms with van der Waals surface area (Å²) in [6, 6.07) is 1.68. The first-order valence-corrected chi connectivity index (χ1v) is 5.65. The summed E-state index contributed by atoms with van der Waals surface area (Å²) in [7, 11) is 0. The standard InChI is InChI=1S/C10H10BrN3O2/c1-2-14-5-8(15)13-7-3-6(11)4-12-9(7)10(14)16/h3-4H,2,5H2,1H3,(H,13,15). The zero-order chi connectivity index (χ0) is 11.7. The number of anilines is 1. The van der Waals surface area contributed by atoms with Gasteiger partial charge in [-0.15, -0.1) is 0 Å². The Morgan fingerprint density at radius 1 is 1.56 bits per heavy atom. The van der Waals surface area contributed by atoms with Crippen molar-refractivity contribution < 1.29 is 9.59 Å². The van der Waals surface area contributed by atoms with Crippen LogP contribution < -0.4 is 5.32 Å². The van der Waals surface area contributed by atoms with Crippen molar-refractivity contribution in [1.29, 1.82) is 0 Å². The van der Waals surface area contributed by atoms with Crippen molar-refractivity contribution in [3.05, 3.63) is 22.4 Å². The van der Waals surface area contributed by atoms with Gasteiger partial charge in [0.05, 0.1) is 5.69 Å². The van der Waals surface area contributed by atoms with Gasteiger partial charge in [0.25, 0.3) is 5.91 Å². The third-order valence-electron chi connectivity index (χ3n) is 2.33. The van der Waals surface area contributed by atoms with Crippen LogP contribution in [0.5, 0.6) is 0 Å². The number of fused-ring (bicyclic) bond motifs is 1. The molecule has 0 spiro atoms. The Balaban J connectivity index is 2.50. The third kappa shape index (κ3) is 1.92. The molecule has 5 nitrogen and oxygen atoms in total. The zero-order valence-corrected chi connectivity index (χ0v) is 10.2. The van der Waals surface area contributed by atoms with E-state index in [9.17, 15) is 9.59 Å². The summed E-state index contributed by atoms with van der Waals surface area (Å²) in [5.41, 5.74) is 0.747. The zero-order valence-electron chi connectivity index (χ0n) is 8.66. The van der Waals surface area contributed by atoms with E-state index >= 15 is 0 Å². The summed E-state index contributed by atoms with van der Waals surface area (Å²) in [6.07, 6.45) is 1.54. The predicted octanol–water partition coefficient (Wildman–Crippen LogP) is 1.26. The quantitative estimate of drug-likeness (QED) is 0.844. The Morgan fingerprint density at radius 3 is 3.00 bits per heavy atom. The van der Waals surface area contributed by atoms with Gasteiger partial charge in [-0.2, -0.15) is 0 Å². The number of nitrogens with one attached hydrogen (secondary N) is 1. The fourth-order valence-corrected chi connectivity index (χ4v) is 1.88. The molecule has 16 heavy (non-hydrogen) atoms. The van der Waals surface area contributed by atoms with Crippen molar-refractivity contribution in [1.82, 2.24) is 9.88 Å². The van der Waals surface area contributed by atoms with Gasteiger partial charge in [0.15, 0.2) is 5.69 Å². The lowest BCUT2D eigenvalue weighted by atomic mass is 10.3. The van der Waals surface area contributed by atoms with E-state index in [0.717, 1.165) is 4.47 Å². The number of hydrogen-bond donors (Lipinski definition) is 1. The van der Waals surface area contributed by atoms with Crippen LogP contribution in [0, 0.1) is 0 Å². The van der Waals surface area contributed by atoms with E-state index in [1.165, 1.54) is 4.90 Å². The van der Waals surface area contributed by atoms with Gasteiger partial charge >= 0.3 is 0 Å². The summed E-state index contributed by atoms with van der Waals surface area (Å²) >= 11 is 3.25. The van der Waals surface area contributed by atoms with Gasteiger partial charge in [0.2, 0.25) is 5.91 Å². The highest BCUT2D eigenvalue weighted by Crippen LogP contribution is 2.22. The molecule has 0 aliphatic carbocycles. The smallest absolute Gasteiger partial charge is 0.275 e. The summed E-state index contributed by atoms with van der Waals surface area (Å²) < 4.78 is 0.726. The number of rotatable bonds is 1. The molecule has 0 atom stereocenters. The number of hydrogen-bond acceptors (Lipinski definition) is 3. The van der Waals surface area contributed by atoms with E-state index < -0.39 is 0 Å². The number of carbonyl (C=O) groups excluding carboxylic acids is 2. The summed E-state index contributed by atoms with van der Waals surface area (Å²) in [6.45, 7) is 2.39. The van der Waals surface area contributed by atoms with Crippen molar-refractivity contribution in [3.8, 4) is 0 Å². The van der Waals surface area contributed by atoms with E-state index in [1.54, 1.807) is 12.3 Å². The van der Waals surface area contributed by atoms with Crippen LogP contribution in [0.4, 0.5) is 5.69 Å². The average Bonchev–Trinajstić information content (AvgIpc) is 2.35. The van der Waals surface area contributed by atoms with Gasteiger partial charge in [0.1, 0.15) is 6.54 Å². The highest BCUT2D eigenvalue weighted by molar-refractivity contribution is 9.10. The van der Waals surface area contributed by atoms with Crippen LogP contribution in [0.3, 0.4) is 0 Å². The first-order valence-electron chi connectivity index (χ1n) is 4.86. The first-order chi connectivity index (χ1) is 7.61. The molecule has 1 aliphatic heterocycles. The number of amides is 2. The molecule has 2 amide bonds.